The number of hydrogen-bond donors (Lipinski definition) is 2. The second-order valence-electron chi connectivity index (χ2n) is 5.55. The molecule has 3 N–H and O–H groups in total. The number of nitrogens with two attached hydrogens (primary N) is 1. The van der Waals surface area contributed by atoms with Crippen molar-refractivity contribution in [3.05, 3.63) is 0 Å². The van der Waals surface area contributed by atoms with E-state index in [4.69, 9.17) is 5.73 Å². The first-order valence-corrected chi connectivity index (χ1v) is 6.51. The maximum Gasteiger partial charge on any atom is 0.395 e. The van der Waals surface area contributed by atoms with Crippen LogP contribution in [0.3, 0.4) is 0 Å². The average Bonchev–Trinajstić information content (AvgIpc) is 2.34. The number of rotatable bonds is 3. The molecular formula is C12H22F3N3O. The lowest BCUT2D eigenvalue weighted by atomic mass is 9.78. The molecule has 19 heavy (non-hydrogen) atoms. The number of hydrogen-bond acceptors (Lipinski definition) is 2. The van der Waals surface area contributed by atoms with Crippen LogP contribution in [-0.2, 0) is 0 Å². The number of carbonyl (C=O) groups excluding carboxylic acids is 1. The Bertz CT molecular complexity index is 310. The highest BCUT2D eigenvalue weighted by Crippen LogP contribution is 2.45. The Kier molecular flexibility index (Phi) is 5.06. The summed E-state index contributed by atoms with van der Waals surface area (Å²) in [6.07, 6.45) is -4.55. The summed E-state index contributed by atoms with van der Waals surface area (Å²) >= 11 is 0. The van der Waals surface area contributed by atoms with Crippen molar-refractivity contribution in [2.24, 2.45) is 17.1 Å². The Labute approximate surface area is 111 Å². The van der Waals surface area contributed by atoms with Crippen LogP contribution in [0.1, 0.15) is 26.7 Å². The van der Waals surface area contributed by atoms with Gasteiger partial charge in [-0.1, -0.05) is 13.8 Å². The molecular weight excluding hydrogens is 259 g/mol. The van der Waals surface area contributed by atoms with Crippen molar-refractivity contribution in [2.45, 2.75) is 32.9 Å². The molecule has 1 heterocycles. The topological polar surface area (TPSA) is 58.4 Å². The fourth-order valence-electron chi connectivity index (χ4n) is 2.14. The van der Waals surface area contributed by atoms with E-state index in [1.165, 1.54) is 4.90 Å². The summed E-state index contributed by atoms with van der Waals surface area (Å²) in [5.74, 6) is 0.312. The molecule has 0 radical (unpaired) electrons. The number of amides is 2. The first kappa shape index (κ1) is 16.1. The number of alkyl halides is 3. The van der Waals surface area contributed by atoms with Gasteiger partial charge in [0, 0.05) is 26.2 Å². The minimum absolute atomic E-state index is 0.0979. The first-order chi connectivity index (χ1) is 8.72. The van der Waals surface area contributed by atoms with E-state index in [0.717, 1.165) is 0 Å². The molecule has 7 heteroatoms. The van der Waals surface area contributed by atoms with Gasteiger partial charge in [0.25, 0.3) is 0 Å². The van der Waals surface area contributed by atoms with Crippen molar-refractivity contribution in [1.29, 1.82) is 0 Å². The van der Waals surface area contributed by atoms with Crippen molar-refractivity contribution in [1.82, 2.24) is 10.2 Å². The number of nitrogens with one attached hydrogen (secondary N) is 1. The monoisotopic (exact) mass is 281 g/mol. The van der Waals surface area contributed by atoms with Gasteiger partial charge >= 0.3 is 12.2 Å². The third-order valence-electron chi connectivity index (χ3n) is 3.66. The number of halogens is 3. The van der Waals surface area contributed by atoms with Gasteiger partial charge in [0.05, 0.1) is 5.41 Å². The molecule has 1 aliphatic rings. The normalized spacial score (nSPS) is 19.6. The summed E-state index contributed by atoms with van der Waals surface area (Å²) in [5.41, 5.74) is 3.47. The molecule has 0 bridgehead atoms. The average molecular weight is 281 g/mol. The van der Waals surface area contributed by atoms with Crippen LogP contribution < -0.4 is 11.1 Å². The largest absolute Gasteiger partial charge is 0.395 e. The molecule has 2 amide bonds. The second-order valence-corrected chi connectivity index (χ2v) is 5.55. The predicted molar refractivity (Wildman–Crippen MR) is 66.6 cm³/mol. The molecule has 0 aliphatic carbocycles. The van der Waals surface area contributed by atoms with Crippen molar-refractivity contribution in [2.75, 3.05) is 26.2 Å². The fraction of sp³-hybridized carbons (Fsp3) is 0.917. The zero-order valence-electron chi connectivity index (χ0n) is 11.4. The SMILES string of the molecule is CC(C)CNC(=O)N1CCC(CN)(C(F)(F)F)CC1. The van der Waals surface area contributed by atoms with Crippen molar-refractivity contribution >= 4 is 6.03 Å². The second kappa shape index (κ2) is 5.98. The van der Waals surface area contributed by atoms with Crippen LogP contribution in [0.5, 0.6) is 0 Å². The number of likely N-dealkylation sites (tertiary alicyclic amines) is 1. The lowest BCUT2D eigenvalue weighted by Gasteiger charge is -2.42. The molecule has 0 aromatic carbocycles. The van der Waals surface area contributed by atoms with E-state index in [2.05, 4.69) is 5.32 Å². The van der Waals surface area contributed by atoms with Crippen LogP contribution in [0.4, 0.5) is 18.0 Å². The Morgan fingerprint density at radius 3 is 2.26 bits per heavy atom. The van der Waals surface area contributed by atoms with Gasteiger partial charge in [-0.25, -0.2) is 4.79 Å². The quantitative estimate of drug-likeness (QED) is 0.830. The van der Waals surface area contributed by atoms with Gasteiger partial charge in [-0.15, -0.1) is 0 Å². The Balaban J connectivity index is 2.54. The number of carbonyl (C=O) groups is 1. The minimum atomic E-state index is -4.30. The molecule has 1 rings (SSSR count). The van der Waals surface area contributed by atoms with E-state index >= 15 is 0 Å². The molecule has 0 spiro atoms. The van der Waals surface area contributed by atoms with Crippen LogP contribution >= 0.6 is 0 Å². The van der Waals surface area contributed by atoms with E-state index in [1.807, 2.05) is 13.8 Å². The predicted octanol–water partition coefficient (Wildman–Crippen LogP) is 1.96. The zero-order chi connectivity index (χ0) is 14.7. The lowest BCUT2D eigenvalue weighted by molar-refractivity contribution is -0.232. The van der Waals surface area contributed by atoms with Gasteiger partial charge in [-0.3, -0.25) is 0 Å². The van der Waals surface area contributed by atoms with Gasteiger partial charge in [0.1, 0.15) is 0 Å². The van der Waals surface area contributed by atoms with E-state index < -0.39 is 18.1 Å². The summed E-state index contributed by atoms with van der Waals surface area (Å²) in [6, 6.07) is -0.290. The lowest BCUT2D eigenvalue weighted by Crippen LogP contribution is -2.54. The van der Waals surface area contributed by atoms with E-state index in [0.29, 0.717) is 12.5 Å². The van der Waals surface area contributed by atoms with Gasteiger partial charge in [0.15, 0.2) is 0 Å². The van der Waals surface area contributed by atoms with Gasteiger partial charge in [0.2, 0.25) is 0 Å². The van der Waals surface area contributed by atoms with Crippen molar-refractivity contribution in [3.63, 3.8) is 0 Å². The molecule has 0 unspecified atom stereocenters. The third-order valence-corrected chi connectivity index (χ3v) is 3.66. The number of nitrogens with zero attached hydrogens (tertiary/aromatic N) is 1. The van der Waals surface area contributed by atoms with E-state index in [-0.39, 0.29) is 32.0 Å². The highest BCUT2D eigenvalue weighted by atomic mass is 19.4. The first-order valence-electron chi connectivity index (χ1n) is 6.51. The van der Waals surface area contributed by atoms with E-state index in [1.54, 1.807) is 0 Å². The molecule has 4 nitrogen and oxygen atoms in total. The standard InChI is InChI=1S/C12H22F3N3O/c1-9(2)7-17-10(19)18-5-3-11(8-16,4-6-18)12(13,14)15/h9H,3-8,16H2,1-2H3,(H,17,19). The van der Waals surface area contributed by atoms with Crippen molar-refractivity contribution < 1.29 is 18.0 Å². The molecule has 0 aromatic rings. The highest BCUT2D eigenvalue weighted by molar-refractivity contribution is 5.74. The molecule has 1 fully saturated rings. The molecule has 0 atom stereocenters. The summed E-state index contributed by atoms with van der Waals surface area (Å²) < 4.78 is 38.9. The maximum atomic E-state index is 13.0. The minimum Gasteiger partial charge on any atom is -0.338 e. The van der Waals surface area contributed by atoms with Crippen LogP contribution in [-0.4, -0.2) is 43.3 Å². The molecule has 1 aliphatic heterocycles. The summed E-state index contributed by atoms with van der Waals surface area (Å²) in [4.78, 5) is 13.2. The van der Waals surface area contributed by atoms with Gasteiger partial charge < -0.3 is 16.0 Å². The summed E-state index contributed by atoms with van der Waals surface area (Å²) in [6.45, 7) is 4.22. The number of piperidine rings is 1. The van der Waals surface area contributed by atoms with Crippen LogP contribution in [0, 0.1) is 11.3 Å². The Morgan fingerprint density at radius 2 is 1.89 bits per heavy atom. The summed E-state index contributed by atoms with van der Waals surface area (Å²) in [5, 5.41) is 2.71. The molecule has 0 aromatic heterocycles. The smallest absolute Gasteiger partial charge is 0.338 e. The van der Waals surface area contributed by atoms with Gasteiger partial charge in [-0.2, -0.15) is 13.2 Å². The summed E-state index contributed by atoms with van der Waals surface area (Å²) in [7, 11) is 0. The van der Waals surface area contributed by atoms with Crippen LogP contribution in [0.2, 0.25) is 0 Å². The van der Waals surface area contributed by atoms with Gasteiger partial charge in [-0.05, 0) is 18.8 Å². The molecule has 112 valence electrons. The van der Waals surface area contributed by atoms with Crippen molar-refractivity contribution in [3.8, 4) is 0 Å². The fourth-order valence-corrected chi connectivity index (χ4v) is 2.14. The zero-order valence-corrected chi connectivity index (χ0v) is 11.4. The Morgan fingerprint density at radius 1 is 1.37 bits per heavy atom. The van der Waals surface area contributed by atoms with Crippen LogP contribution in [0.15, 0.2) is 0 Å². The number of urea groups is 1. The molecule has 0 saturated carbocycles. The Hall–Kier alpha value is -0.980. The third kappa shape index (κ3) is 3.75. The highest BCUT2D eigenvalue weighted by Gasteiger charge is 2.54. The van der Waals surface area contributed by atoms with Crippen LogP contribution in [0.25, 0.3) is 0 Å². The van der Waals surface area contributed by atoms with E-state index in [9.17, 15) is 18.0 Å². The molecule has 1 saturated heterocycles. The maximum absolute atomic E-state index is 13.0.